The van der Waals surface area contributed by atoms with Gasteiger partial charge in [-0.05, 0) is 80.2 Å². The molecule has 1 fully saturated rings. The van der Waals surface area contributed by atoms with Crippen LogP contribution in [0.1, 0.15) is 49.3 Å². The molecule has 1 saturated carbocycles. The van der Waals surface area contributed by atoms with E-state index in [0.29, 0.717) is 18.3 Å². The maximum atomic E-state index is 9.96. The van der Waals surface area contributed by atoms with Crippen LogP contribution in [0.2, 0.25) is 0 Å². The van der Waals surface area contributed by atoms with Crippen molar-refractivity contribution in [2.75, 3.05) is 6.61 Å². The molecule has 1 N–H and O–H groups in total. The Balaban J connectivity index is 1.74. The molecule has 0 radical (unpaired) electrons. The molecule has 26 heavy (non-hydrogen) atoms. The van der Waals surface area contributed by atoms with Gasteiger partial charge in [-0.25, -0.2) is 0 Å². The summed E-state index contributed by atoms with van der Waals surface area (Å²) < 4.78 is 0. The smallest absolute Gasteiger partial charge is 0.115 e. The lowest BCUT2D eigenvalue weighted by Crippen LogP contribution is -2.46. The Kier molecular flexibility index (Phi) is 4.71. The molecule has 2 aromatic carbocycles. The van der Waals surface area contributed by atoms with E-state index in [-0.39, 0.29) is 5.41 Å². The van der Waals surface area contributed by atoms with E-state index in [1.54, 1.807) is 0 Å². The Labute approximate surface area is 155 Å². The molecule has 0 bridgehead atoms. The van der Waals surface area contributed by atoms with Gasteiger partial charge in [-0.2, -0.15) is 0 Å². The summed E-state index contributed by atoms with van der Waals surface area (Å²) in [5.41, 5.74) is 5.49. The van der Waals surface area contributed by atoms with Crippen molar-refractivity contribution in [1.82, 2.24) is 0 Å². The van der Waals surface area contributed by atoms with Crippen molar-refractivity contribution in [2.45, 2.75) is 50.9 Å². The Morgan fingerprint density at radius 1 is 1.15 bits per heavy atom. The summed E-state index contributed by atoms with van der Waals surface area (Å²) in [6.45, 7) is 2.61. The minimum absolute atomic E-state index is 0.133. The molecule has 3 nitrogen and oxygen atoms in total. The highest BCUT2D eigenvalue weighted by Crippen LogP contribution is 2.51. The summed E-state index contributed by atoms with van der Waals surface area (Å²) >= 11 is 0. The van der Waals surface area contributed by atoms with Crippen LogP contribution < -0.4 is 0 Å². The molecule has 2 aliphatic carbocycles. The van der Waals surface area contributed by atoms with Crippen LogP contribution in [-0.2, 0) is 23.1 Å². The van der Waals surface area contributed by atoms with Crippen LogP contribution in [0.25, 0.3) is 0 Å². The van der Waals surface area contributed by atoms with Crippen molar-refractivity contribution in [3.8, 4) is 5.75 Å². The number of aromatic hydroxyl groups is 1. The first kappa shape index (κ1) is 17.1. The maximum Gasteiger partial charge on any atom is 0.115 e. The second-order valence-electron chi connectivity index (χ2n) is 7.67. The molecule has 0 amide bonds. The van der Waals surface area contributed by atoms with Gasteiger partial charge in [-0.3, -0.25) is 0 Å². The zero-order valence-electron chi connectivity index (χ0n) is 15.4. The Morgan fingerprint density at radius 3 is 2.81 bits per heavy atom. The predicted octanol–water partition coefficient (Wildman–Crippen LogP) is 5.01. The number of oxime groups is 1. The van der Waals surface area contributed by atoms with E-state index in [1.165, 1.54) is 22.4 Å². The number of phenols is 1. The summed E-state index contributed by atoms with van der Waals surface area (Å²) in [7, 11) is 0. The van der Waals surface area contributed by atoms with E-state index in [9.17, 15) is 5.11 Å². The van der Waals surface area contributed by atoms with Gasteiger partial charge >= 0.3 is 0 Å². The third-order valence-corrected chi connectivity index (χ3v) is 6.20. The van der Waals surface area contributed by atoms with Crippen molar-refractivity contribution in [1.29, 1.82) is 0 Å². The first-order valence-electron chi connectivity index (χ1n) is 9.75. The summed E-state index contributed by atoms with van der Waals surface area (Å²) in [6.07, 6.45) is 6.34. The van der Waals surface area contributed by atoms with Crippen LogP contribution >= 0.6 is 0 Å². The van der Waals surface area contributed by atoms with Gasteiger partial charge in [0.2, 0.25) is 0 Å². The van der Waals surface area contributed by atoms with Crippen LogP contribution in [0.15, 0.2) is 53.7 Å². The van der Waals surface area contributed by atoms with E-state index < -0.39 is 0 Å². The highest BCUT2D eigenvalue weighted by atomic mass is 16.6. The maximum absolute atomic E-state index is 9.96. The number of hydrogen-bond donors (Lipinski definition) is 1. The highest BCUT2D eigenvalue weighted by molar-refractivity contribution is 5.85. The van der Waals surface area contributed by atoms with Gasteiger partial charge in [0.1, 0.15) is 12.4 Å². The number of fused-ring (bicyclic) bond motifs is 3. The normalized spacial score (nSPS) is 26.2. The van der Waals surface area contributed by atoms with Gasteiger partial charge in [0.05, 0.1) is 5.71 Å². The van der Waals surface area contributed by atoms with Gasteiger partial charge < -0.3 is 9.94 Å². The molecule has 0 spiro atoms. The molecule has 3 heteroatoms. The lowest BCUT2D eigenvalue weighted by Gasteiger charge is -2.49. The Bertz CT molecular complexity index is 799. The van der Waals surface area contributed by atoms with E-state index in [2.05, 4.69) is 41.6 Å². The summed E-state index contributed by atoms with van der Waals surface area (Å²) in [4.78, 5) is 5.34. The van der Waals surface area contributed by atoms with Gasteiger partial charge in [0, 0.05) is 5.41 Å². The molecule has 136 valence electrons. The average Bonchev–Trinajstić information content (AvgIpc) is 2.67. The number of nitrogens with zero attached hydrogens (tertiary/aromatic N) is 1. The van der Waals surface area contributed by atoms with Crippen molar-refractivity contribution in [3.63, 3.8) is 0 Å². The zero-order valence-corrected chi connectivity index (χ0v) is 15.4. The summed E-state index contributed by atoms with van der Waals surface area (Å²) in [5.74, 6) is 0.958. The average molecular weight is 349 g/mol. The number of phenolic OH excluding ortho intramolecular Hbond substituents is 1. The second-order valence-corrected chi connectivity index (χ2v) is 7.67. The topological polar surface area (TPSA) is 41.8 Å². The fourth-order valence-electron chi connectivity index (χ4n) is 5.02. The van der Waals surface area contributed by atoms with Gasteiger partial charge in [-0.15, -0.1) is 0 Å². The van der Waals surface area contributed by atoms with Gasteiger partial charge in [-0.1, -0.05) is 41.6 Å². The van der Waals surface area contributed by atoms with Crippen LogP contribution in [-0.4, -0.2) is 17.4 Å². The van der Waals surface area contributed by atoms with E-state index in [4.69, 9.17) is 4.84 Å². The first-order valence-corrected chi connectivity index (χ1v) is 9.75. The van der Waals surface area contributed by atoms with Crippen LogP contribution in [0.5, 0.6) is 5.75 Å². The first-order chi connectivity index (χ1) is 12.7. The molecule has 2 atom stereocenters. The molecular formula is C23H27NO2. The van der Waals surface area contributed by atoms with Gasteiger partial charge in [0.25, 0.3) is 0 Å². The number of rotatable bonds is 4. The Hall–Kier alpha value is -2.29. The molecule has 2 aromatic rings. The lowest BCUT2D eigenvalue weighted by molar-refractivity contribution is 0.149. The zero-order chi connectivity index (χ0) is 18.0. The minimum atomic E-state index is 0.133. The molecule has 2 aliphatic rings. The quantitative estimate of drug-likeness (QED) is 0.788. The van der Waals surface area contributed by atoms with Crippen molar-refractivity contribution >= 4 is 5.71 Å². The van der Waals surface area contributed by atoms with Gasteiger partial charge in [0.15, 0.2) is 0 Å². The fourth-order valence-corrected chi connectivity index (χ4v) is 5.02. The van der Waals surface area contributed by atoms with Crippen molar-refractivity contribution < 1.29 is 9.94 Å². The molecule has 2 unspecified atom stereocenters. The second kappa shape index (κ2) is 7.14. The Morgan fingerprint density at radius 2 is 2.00 bits per heavy atom. The number of hydrogen-bond acceptors (Lipinski definition) is 3. The van der Waals surface area contributed by atoms with Crippen molar-refractivity contribution in [2.24, 2.45) is 11.1 Å². The molecule has 4 rings (SSSR count). The van der Waals surface area contributed by atoms with E-state index >= 15 is 0 Å². The van der Waals surface area contributed by atoms with Crippen LogP contribution in [0.3, 0.4) is 0 Å². The number of aryl methyl sites for hydroxylation is 1. The molecule has 0 heterocycles. The highest BCUT2D eigenvalue weighted by Gasteiger charge is 2.47. The lowest BCUT2D eigenvalue weighted by atomic mass is 9.55. The van der Waals surface area contributed by atoms with E-state index in [0.717, 1.165) is 38.5 Å². The summed E-state index contributed by atoms with van der Waals surface area (Å²) in [6, 6.07) is 16.8. The monoisotopic (exact) mass is 349 g/mol. The van der Waals surface area contributed by atoms with Crippen LogP contribution in [0, 0.1) is 5.92 Å². The fraction of sp³-hybridized carbons (Fsp3) is 0.435. The van der Waals surface area contributed by atoms with Crippen molar-refractivity contribution in [3.05, 3.63) is 65.2 Å². The standard InChI is InChI=1S/C23H27NO2/c1-2-26-24-20-12-13-23(16-17-6-4-3-5-7-17)19(15-20)9-8-18-14-21(25)10-11-22(18)23/h3-7,10-11,14,19,25H,2,8-9,12-13,15-16H2,1H3. The third kappa shape index (κ3) is 3.11. The molecule has 0 aliphatic heterocycles. The number of benzene rings is 2. The third-order valence-electron chi connectivity index (χ3n) is 6.20. The molecular weight excluding hydrogens is 322 g/mol. The molecule has 0 aromatic heterocycles. The summed E-state index contributed by atoms with van der Waals surface area (Å²) in [5, 5.41) is 14.3. The SMILES string of the molecule is CCON=C1CCC2(Cc3ccccc3)c3ccc(O)cc3CCC2C1. The molecule has 0 saturated heterocycles. The predicted molar refractivity (Wildman–Crippen MR) is 105 cm³/mol. The minimum Gasteiger partial charge on any atom is -0.508 e. The van der Waals surface area contributed by atoms with E-state index in [1.807, 2.05) is 19.1 Å². The largest absolute Gasteiger partial charge is 0.508 e. The van der Waals surface area contributed by atoms with Crippen LogP contribution in [0.4, 0.5) is 0 Å².